The van der Waals surface area contributed by atoms with E-state index < -0.39 is 0 Å². The standard InChI is InChI=1S/C25H27NO2/c1-3-7-20(8-4-1)18-27-23-11-13-24(14-12-23)28-19-22-17-26-16-15-25(22)21-9-5-2-6-10-21/h1-14,22,25-26H,15-19H2/t22-,25-/m0/s1. The molecular weight excluding hydrogens is 346 g/mol. The number of rotatable bonds is 7. The van der Waals surface area contributed by atoms with Crippen LogP contribution in [0.5, 0.6) is 11.5 Å². The van der Waals surface area contributed by atoms with Crippen LogP contribution in [-0.4, -0.2) is 19.7 Å². The zero-order valence-electron chi connectivity index (χ0n) is 16.1. The topological polar surface area (TPSA) is 30.5 Å². The van der Waals surface area contributed by atoms with Crippen molar-refractivity contribution in [1.29, 1.82) is 0 Å². The summed E-state index contributed by atoms with van der Waals surface area (Å²) in [5, 5.41) is 3.51. The maximum Gasteiger partial charge on any atom is 0.120 e. The Hall–Kier alpha value is -2.78. The Morgan fingerprint density at radius 2 is 1.39 bits per heavy atom. The maximum absolute atomic E-state index is 6.12. The second kappa shape index (κ2) is 9.43. The van der Waals surface area contributed by atoms with Gasteiger partial charge in [0, 0.05) is 12.5 Å². The molecule has 28 heavy (non-hydrogen) atoms. The first-order valence-electron chi connectivity index (χ1n) is 10.0. The highest BCUT2D eigenvalue weighted by Gasteiger charge is 2.26. The van der Waals surface area contributed by atoms with Gasteiger partial charge in [0.1, 0.15) is 18.1 Å². The van der Waals surface area contributed by atoms with Gasteiger partial charge in [-0.05, 0) is 54.3 Å². The summed E-state index contributed by atoms with van der Waals surface area (Å²) in [4.78, 5) is 0. The van der Waals surface area contributed by atoms with E-state index in [1.54, 1.807) is 0 Å². The normalized spacial score (nSPS) is 19.1. The summed E-state index contributed by atoms with van der Waals surface area (Å²) in [7, 11) is 0. The third-order valence-corrected chi connectivity index (χ3v) is 5.37. The molecule has 1 aliphatic rings. The summed E-state index contributed by atoms with van der Waals surface area (Å²) < 4.78 is 12.0. The Morgan fingerprint density at radius 3 is 2.11 bits per heavy atom. The highest BCUT2D eigenvalue weighted by molar-refractivity contribution is 5.31. The van der Waals surface area contributed by atoms with Crippen LogP contribution in [-0.2, 0) is 6.61 Å². The van der Waals surface area contributed by atoms with Gasteiger partial charge >= 0.3 is 0 Å². The predicted octanol–water partition coefficient (Wildman–Crippen LogP) is 5.04. The van der Waals surface area contributed by atoms with Crippen molar-refractivity contribution in [2.45, 2.75) is 18.9 Å². The summed E-state index contributed by atoms with van der Waals surface area (Å²) in [5.41, 5.74) is 2.59. The van der Waals surface area contributed by atoms with Crippen molar-refractivity contribution in [1.82, 2.24) is 5.32 Å². The van der Waals surface area contributed by atoms with Crippen molar-refractivity contribution in [2.24, 2.45) is 5.92 Å². The van der Waals surface area contributed by atoms with Gasteiger partial charge < -0.3 is 14.8 Å². The van der Waals surface area contributed by atoms with Crippen LogP contribution in [0.15, 0.2) is 84.9 Å². The zero-order valence-corrected chi connectivity index (χ0v) is 16.1. The van der Waals surface area contributed by atoms with E-state index in [1.807, 2.05) is 42.5 Å². The lowest BCUT2D eigenvalue weighted by molar-refractivity contribution is 0.196. The average molecular weight is 373 g/mol. The fourth-order valence-corrected chi connectivity index (χ4v) is 3.81. The molecule has 1 saturated heterocycles. The summed E-state index contributed by atoms with van der Waals surface area (Å²) in [6.45, 7) is 3.37. The summed E-state index contributed by atoms with van der Waals surface area (Å²) in [6.07, 6.45) is 1.16. The summed E-state index contributed by atoms with van der Waals surface area (Å²) in [5.74, 6) is 2.78. The van der Waals surface area contributed by atoms with Crippen LogP contribution in [0.4, 0.5) is 0 Å². The van der Waals surface area contributed by atoms with Crippen molar-refractivity contribution < 1.29 is 9.47 Å². The van der Waals surface area contributed by atoms with Crippen molar-refractivity contribution in [3.63, 3.8) is 0 Å². The number of hydrogen-bond donors (Lipinski definition) is 1. The van der Waals surface area contributed by atoms with Gasteiger partial charge in [0.15, 0.2) is 0 Å². The Labute approximate surface area is 167 Å². The molecule has 4 rings (SSSR count). The van der Waals surface area contributed by atoms with Crippen LogP contribution in [0, 0.1) is 5.92 Å². The Morgan fingerprint density at radius 1 is 0.750 bits per heavy atom. The first-order valence-corrected chi connectivity index (χ1v) is 10.0. The molecule has 1 heterocycles. The van der Waals surface area contributed by atoms with Crippen molar-refractivity contribution >= 4 is 0 Å². The second-order valence-electron chi connectivity index (χ2n) is 7.33. The average Bonchev–Trinajstić information content (AvgIpc) is 2.78. The largest absolute Gasteiger partial charge is 0.493 e. The van der Waals surface area contributed by atoms with E-state index in [-0.39, 0.29) is 0 Å². The van der Waals surface area contributed by atoms with Gasteiger partial charge in [-0.3, -0.25) is 0 Å². The molecule has 0 saturated carbocycles. The van der Waals surface area contributed by atoms with Crippen LogP contribution in [0.1, 0.15) is 23.5 Å². The fraction of sp³-hybridized carbons (Fsp3) is 0.280. The Kier molecular flexibility index (Phi) is 6.25. The third kappa shape index (κ3) is 4.93. The molecule has 2 atom stereocenters. The SMILES string of the molecule is c1ccc(COc2ccc(OC[C@@H]3CNCC[C@H]3c3ccccc3)cc2)cc1. The number of ether oxygens (including phenoxy) is 2. The van der Waals surface area contributed by atoms with E-state index >= 15 is 0 Å². The van der Waals surface area contributed by atoms with E-state index in [1.165, 1.54) is 11.1 Å². The number of nitrogens with one attached hydrogen (secondary N) is 1. The first-order chi connectivity index (χ1) is 13.9. The Balaban J connectivity index is 1.31. The molecule has 1 N–H and O–H groups in total. The molecule has 1 aliphatic heterocycles. The van der Waals surface area contributed by atoms with E-state index in [0.717, 1.165) is 37.6 Å². The lowest BCUT2D eigenvalue weighted by atomic mass is 9.81. The molecule has 1 fully saturated rings. The summed E-state index contributed by atoms with van der Waals surface area (Å²) in [6, 6.07) is 29.0. The minimum atomic E-state index is 0.477. The van der Waals surface area contributed by atoms with E-state index in [4.69, 9.17) is 9.47 Å². The minimum Gasteiger partial charge on any atom is -0.493 e. The highest BCUT2D eigenvalue weighted by Crippen LogP contribution is 2.31. The molecule has 0 bridgehead atoms. The molecule has 0 amide bonds. The zero-order chi connectivity index (χ0) is 19.0. The number of piperidine rings is 1. The smallest absolute Gasteiger partial charge is 0.120 e. The fourth-order valence-electron chi connectivity index (χ4n) is 3.81. The van der Waals surface area contributed by atoms with E-state index in [9.17, 15) is 0 Å². The van der Waals surface area contributed by atoms with Gasteiger partial charge in [0.05, 0.1) is 6.61 Å². The van der Waals surface area contributed by atoms with Gasteiger partial charge in [-0.1, -0.05) is 60.7 Å². The van der Waals surface area contributed by atoms with E-state index in [2.05, 4.69) is 47.8 Å². The van der Waals surface area contributed by atoms with Crippen LogP contribution in [0.3, 0.4) is 0 Å². The van der Waals surface area contributed by atoms with Crippen LogP contribution in [0.25, 0.3) is 0 Å². The van der Waals surface area contributed by atoms with E-state index in [0.29, 0.717) is 18.4 Å². The number of hydrogen-bond acceptors (Lipinski definition) is 3. The number of benzene rings is 3. The van der Waals surface area contributed by atoms with Gasteiger partial charge in [0.25, 0.3) is 0 Å². The van der Waals surface area contributed by atoms with Gasteiger partial charge in [-0.2, -0.15) is 0 Å². The second-order valence-corrected chi connectivity index (χ2v) is 7.33. The van der Waals surface area contributed by atoms with Gasteiger partial charge in [-0.15, -0.1) is 0 Å². The first kappa shape index (κ1) is 18.6. The quantitative estimate of drug-likeness (QED) is 0.629. The molecule has 3 aromatic rings. The third-order valence-electron chi connectivity index (χ3n) is 5.37. The van der Waals surface area contributed by atoms with Crippen LogP contribution >= 0.6 is 0 Å². The highest BCUT2D eigenvalue weighted by atomic mass is 16.5. The molecule has 3 aromatic carbocycles. The van der Waals surface area contributed by atoms with Crippen molar-refractivity contribution in [3.8, 4) is 11.5 Å². The van der Waals surface area contributed by atoms with Gasteiger partial charge in [-0.25, -0.2) is 0 Å². The molecule has 0 aromatic heterocycles. The molecule has 0 aliphatic carbocycles. The lowest BCUT2D eigenvalue weighted by Gasteiger charge is -2.32. The van der Waals surface area contributed by atoms with Crippen molar-refractivity contribution in [3.05, 3.63) is 96.1 Å². The van der Waals surface area contributed by atoms with Crippen LogP contribution < -0.4 is 14.8 Å². The molecule has 3 nitrogen and oxygen atoms in total. The molecule has 0 spiro atoms. The lowest BCUT2D eigenvalue weighted by Crippen LogP contribution is -2.38. The molecule has 0 unspecified atom stereocenters. The van der Waals surface area contributed by atoms with Crippen LogP contribution in [0.2, 0.25) is 0 Å². The predicted molar refractivity (Wildman–Crippen MR) is 113 cm³/mol. The molecular formula is C25H27NO2. The molecule has 144 valence electrons. The summed E-state index contributed by atoms with van der Waals surface area (Å²) >= 11 is 0. The molecule has 3 heteroatoms. The monoisotopic (exact) mass is 373 g/mol. The van der Waals surface area contributed by atoms with Crippen molar-refractivity contribution in [2.75, 3.05) is 19.7 Å². The minimum absolute atomic E-state index is 0.477. The molecule has 0 radical (unpaired) electrons. The maximum atomic E-state index is 6.12. The van der Waals surface area contributed by atoms with Gasteiger partial charge in [0.2, 0.25) is 0 Å². The Bertz CT molecular complexity index is 833.